The third-order valence-electron chi connectivity index (χ3n) is 3.68. The molecule has 2 rings (SSSR count). The number of nitrogens with zero attached hydrogens (tertiary/aromatic N) is 2. The van der Waals surface area contributed by atoms with E-state index in [1.807, 2.05) is 20.9 Å². The van der Waals surface area contributed by atoms with Crippen LogP contribution in [0.4, 0.5) is 0 Å². The maximum Gasteiger partial charge on any atom is 0.255 e. The zero-order chi connectivity index (χ0) is 13.1. The molecule has 100 valence electrons. The molecule has 1 aromatic rings. The molecule has 0 bridgehead atoms. The number of aryl methyl sites for hydroxylation is 2. The summed E-state index contributed by atoms with van der Waals surface area (Å²) in [5.41, 5.74) is 2.44. The first kappa shape index (κ1) is 13.1. The van der Waals surface area contributed by atoms with Gasteiger partial charge in [0.05, 0.1) is 11.3 Å². The molecular formula is C13H22N4O. The van der Waals surface area contributed by atoms with Gasteiger partial charge >= 0.3 is 0 Å². The number of rotatable bonds is 4. The summed E-state index contributed by atoms with van der Waals surface area (Å²) in [6.45, 7) is 5.64. The third-order valence-corrected chi connectivity index (χ3v) is 3.68. The predicted molar refractivity (Wildman–Crippen MR) is 70.7 cm³/mol. The molecule has 18 heavy (non-hydrogen) atoms. The molecule has 1 aliphatic rings. The van der Waals surface area contributed by atoms with Crippen LogP contribution in [0.5, 0.6) is 0 Å². The summed E-state index contributed by atoms with van der Waals surface area (Å²) >= 11 is 0. The Hall–Kier alpha value is -1.36. The molecule has 1 aliphatic heterocycles. The molecule has 1 aromatic heterocycles. The Kier molecular flexibility index (Phi) is 4.01. The van der Waals surface area contributed by atoms with Crippen molar-refractivity contribution in [3.05, 3.63) is 17.0 Å². The van der Waals surface area contributed by atoms with Crippen molar-refractivity contribution in [2.75, 3.05) is 13.1 Å². The van der Waals surface area contributed by atoms with Crippen molar-refractivity contribution in [3.8, 4) is 0 Å². The van der Waals surface area contributed by atoms with Crippen LogP contribution in [0.1, 0.15) is 41.0 Å². The number of nitrogens with one attached hydrogen (secondary N) is 2. The number of carbonyl (C=O) groups is 1. The van der Waals surface area contributed by atoms with Gasteiger partial charge in [0.2, 0.25) is 0 Å². The normalized spacial score (nSPS) is 19.2. The Morgan fingerprint density at radius 2 is 2.33 bits per heavy atom. The van der Waals surface area contributed by atoms with Gasteiger partial charge in [0.15, 0.2) is 0 Å². The fourth-order valence-electron chi connectivity index (χ4n) is 2.55. The van der Waals surface area contributed by atoms with Crippen molar-refractivity contribution < 1.29 is 4.79 Å². The molecule has 5 nitrogen and oxygen atoms in total. The molecule has 0 aliphatic carbocycles. The Morgan fingerprint density at radius 3 is 2.89 bits per heavy atom. The molecule has 1 atom stereocenters. The van der Waals surface area contributed by atoms with Gasteiger partial charge in [0.1, 0.15) is 0 Å². The summed E-state index contributed by atoms with van der Waals surface area (Å²) in [5, 5.41) is 10.7. The van der Waals surface area contributed by atoms with Crippen molar-refractivity contribution in [2.45, 2.75) is 39.2 Å². The Bertz CT molecular complexity index is 432. The maximum absolute atomic E-state index is 12.1. The summed E-state index contributed by atoms with van der Waals surface area (Å²) in [6, 6.07) is 0.571. The monoisotopic (exact) mass is 250 g/mol. The zero-order valence-corrected chi connectivity index (χ0v) is 11.4. The summed E-state index contributed by atoms with van der Waals surface area (Å²) < 4.78 is 1.75. The van der Waals surface area contributed by atoms with Crippen molar-refractivity contribution in [3.63, 3.8) is 0 Å². The molecule has 1 fully saturated rings. The standard InChI is InChI=1S/C13H22N4O/c1-9-12(10(2)17(3)16-9)13(18)15-8-6-11-5-4-7-14-11/h11,14H,4-8H2,1-3H3,(H,15,18)/t11-/m1/s1. The minimum absolute atomic E-state index is 0.00361. The second-order valence-electron chi connectivity index (χ2n) is 5.01. The Labute approximate surface area is 108 Å². The predicted octanol–water partition coefficient (Wildman–Crippen LogP) is 0.909. The number of amides is 1. The lowest BCUT2D eigenvalue weighted by Gasteiger charge is -2.10. The van der Waals surface area contributed by atoms with Crippen LogP contribution in [0, 0.1) is 13.8 Å². The molecule has 5 heteroatoms. The van der Waals surface area contributed by atoms with E-state index in [-0.39, 0.29) is 5.91 Å². The molecule has 0 spiro atoms. The highest BCUT2D eigenvalue weighted by atomic mass is 16.1. The second kappa shape index (κ2) is 5.52. The Morgan fingerprint density at radius 1 is 1.56 bits per heavy atom. The highest BCUT2D eigenvalue weighted by Gasteiger charge is 2.18. The lowest BCUT2D eigenvalue weighted by molar-refractivity contribution is 0.0951. The average Bonchev–Trinajstić information content (AvgIpc) is 2.89. The highest BCUT2D eigenvalue weighted by Crippen LogP contribution is 2.12. The van der Waals surface area contributed by atoms with E-state index in [4.69, 9.17) is 0 Å². The fraction of sp³-hybridized carbons (Fsp3) is 0.692. The lowest BCUT2D eigenvalue weighted by Crippen LogP contribution is -2.31. The smallest absolute Gasteiger partial charge is 0.255 e. The average molecular weight is 250 g/mol. The fourth-order valence-corrected chi connectivity index (χ4v) is 2.55. The van der Waals surface area contributed by atoms with Gasteiger partial charge in [0.25, 0.3) is 5.91 Å². The first-order chi connectivity index (χ1) is 8.59. The van der Waals surface area contributed by atoms with E-state index in [9.17, 15) is 4.79 Å². The van der Waals surface area contributed by atoms with Gasteiger partial charge in [-0.25, -0.2) is 0 Å². The molecule has 1 amide bonds. The second-order valence-corrected chi connectivity index (χ2v) is 5.01. The van der Waals surface area contributed by atoms with Crippen LogP contribution in [0.3, 0.4) is 0 Å². The van der Waals surface area contributed by atoms with Crippen LogP contribution in [0.15, 0.2) is 0 Å². The van der Waals surface area contributed by atoms with Crippen LogP contribution in [0.25, 0.3) is 0 Å². The molecule has 0 radical (unpaired) electrons. The molecule has 0 saturated carbocycles. The topological polar surface area (TPSA) is 59.0 Å². The maximum atomic E-state index is 12.1. The van der Waals surface area contributed by atoms with Gasteiger partial charge in [-0.2, -0.15) is 5.10 Å². The van der Waals surface area contributed by atoms with Crippen molar-refractivity contribution in [1.29, 1.82) is 0 Å². The first-order valence-electron chi connectivity index (χ1n) is 6.61. The number of aromatic nitrogens is 2. The lowest BCUT2D eigenvalue weighted by atomic mass is 10.1. The molecule has 1 saturated heterocycles. The van der Waals surface area contributed by atoms with Crippen LogP contribution in [0.2, 0.25) is 0 Å². The van der Waals surface area contributed by atoms with Gasteiger partial charge in [-0.05, 0) is 39.7 Å². The largest absolute Gasteiger partial charge is 0.352 e. The van der Waals surface area contributed by atoms with Gasteiger partial charge in [0, 0.05) is 25.3 Å². The highest BCUT2D eigenvalue weighted by molar-refractivity contribution is 5.96. The van der Waals surface area contributed by atoms with E-state index >= 15 is 0 Å². The summed E-state index contributed by atoms with van der Waals surface area (Å²) in [5.74, 6) is -0.00361. The molecule has 0 aromatic carbocycles. The van der Waals surface area contributed by atoms with Crippen LogP contribution >= 0.6 is 0 Å². The minimum atomic E-state index is -0.00361. The van der Waals surface area contributed by atoms with Gasteiger partial charge in [-0.1, -0.05) is 0 Å². The van der Waals surface area contributed by atoms with Crippen molar-refractivity contribution >= 4 is 5.91 Å². The number of hydrogen-bond donors (Lipinski definition) is 2. The van der Waals surface area contributed by atoms with E-state index in [0.29, 0.717) is 6.04 Å². The van der Waals surface area contributed by atoms with E-state index in [1.54, 1.807) is 4.68 Å². The summed E-state index contributed by atoms with van der Waals surface area (Å²) in [4.78, 5) is 12.1. The quantitative estimate of drug-likeness (QED) is 0.835. The van der Waals surface area contributed by atoms with Crippen molar-refractivity contribution in [2.24, 2.45) is 7.05 Å². The Balaban J connectivity index is 1.87. The number of hydrogen-bond acceptors (Lipinski definition) is 3. The van der Waals surface area contributed by atoms with E-state index in [1.165, 1.54) is 12.8 Å². The number of carbonyl (C=O) groups excluding carboxylic acids is 1. The van der Waals surface area contributed by atoms with Gasteiger partial charge < -0.3 is 10.6 Å². The molecular weight excluding hydrogens is 228 g/mol. The van der Waals surface area contributed by atoms with E-state index in [2.05, 4.69) is 15.7 Å². The minimum Gasteiger partial charge on any atom is -0.352 e. The molecule has 0 unspecified atom stereocenters. The van der Waals surface area contributed by atoms with Crippen LogP contribution in [-0.4, -0.2) is 34.8 Å². The molecule has 2 N–H and O–H groups in total. The summed E-state index contributed by atoms with van der Waals surface area (Å²) in [6.07, 6.45) is 3.48. The zero-order valence-electron chi connectivity index (χ0n) is 11.4. The van der Waals surface area contributed by atoms with E-state index in [0.717, 1.165) is 36.5 Å². The summed E-state index contributed by atoms with van der Waals surface area (Å²) in [7, 11) is 1.86. The van der Waals surface area contributed by atoms with E-state index < -0.39 is 0 Å². The van der Waals surface area contributed by atoms with Gasteiger partial charge in [-0.15, -0.1) is 0 Å². The first-order valence-corrected chi connectivity index (χ1v) is 6.61. The van der Waals surface area contributed by atoms with Crippen LogP contribution < -0.4 is 10.6 Å². The third kappa shape index (κ3) is 2.72. The SMILES string of the molecule is Cc1nn(C)c(C)c1C(=O)NCC[C@H]1CCCN1. The van der Waals surface area contributed by atoms with Gasteiger partial charge in [-0.3, -0.25) is 9.48 Å². The van der Waals surface area contributed by atoms with Crippen molar-refractivity contribution in [1.82, 2.24) is 20.4 Å². The molecule has 2 heterocycles. The van der Waals surface area contributed by atoms with Crippen LogP contribution in [-0.2, 0) is 7.05 Å².